The number of amides is 1. The van der Waals surface area contributed by atoms with Crippen molar-refractivity contribution in [1.82, 2.24) is 15.1 Å². The number of rotatable bonds is 5. The number of nitrogens with zero attached hydrogens (tertiary/aromatic N) is 2. The van der Waals surface area contributed by atoms with E-state index in [-0.39, 0.29) is 17.6 Å². The molecule has 1 aromatic rings. The highest BCUT2D eigenvalue weighted by atomic mass is 35.5. The van der Waals surface area contributed by atoms with Crippen LogP contribution in [0.25, 0.3) is 0 Å². The van der Waals surface area contributed by atoms with Crippen LogP contribution in [0.1, 0.15) is 29.0 Å². The normalized spacial score (nSPS) is 10.2. The van der Waals surface area contributed by atoms with Crippen molar-refractivity contribution in [1.29, 1.82) is 0 Å². The van der Waals surface area contributed by atoms with Crippen LogP contribution in [0.2, 0.25) is 0 Å². The summed E-state index contributed by atoms with van der Waals surface area (Å²) >= 11 is 5.17. The second kappa shape index (κ2) is 5.65. The summed E-state index contributed by atoms with van der Waals surface area (Å²) in [6.45, 7) is 2.25. The summed E-state index contributed by atoms with van der Waals surface area (Å²) in [5, 5.41) is 6.38. The van der Waals surface area contributed by atoms with Gasteiger partial charge in [0.1, 0.15) is 5.69 Å². The average molecular weight is 244 g/mol. The lowest BCUT2D eigenvalue weighted by Crippen LogP contribution is -2.26. The highest BCUT2D eigenvalue weighted by Crippen LogP contribution is 2.01. The largest absolute Gasteiger partial charge is 0.351 e. The lowest BCUT2D eigenvalue weighted by Gasteiger charge is -2.03. The molecule has 1 heterocycles. The molecule has 1 aromatic heterocycles. The zero-order valence-electron chi connectivity index (χ0n) is 9.29. The van der Waals surface area contributed by atoms with E-state index in [1.807, 2.05) is 6.92 Å². The van der Waals surface area contributed by atoms with E-state index in [1.54, 1.807) is 13.1 Å². The van der Waals surface area contributed by atoms with Crippen molar-refractivity contribution in [2.75, 3.05) is 6.54 Å². The summed E-state index contributed by atoms with van der Waals surface area (Å²) in [6, 6.07) is 1.71. The number of carbonyl (C=O) groups excluding carboxylic acids is 2. The molecule has 0 saturated carbocycles. The van der Waals surface area contributed by atoms with E-state index in [2.05, 4.69) is 10.4 Å². The molecule has 0 aliphatic heterocycles. The summed E-state index contributed by atoms with van der Waals surface area (Å²) in [7, 11) is 1.71. The van der Waals surface area contributed by atoms with Gasteiger partial charge in [-0.1, -0.05) is 0 Å². The van der Waals surface area contributed by atoms with E-state index < -0.39 is 0 Å². The molecule has 0 saturated heterocycles. The lowest BCUT2D eigenvalue weighted by atomic mass is 10.3. The number of hydrogen-bond acceptors (Lipinski definition) is 3. The first kappa shape index (κ1) is 12.7. The third-order valence-electron chi connectivity index (χ3n) is 2.07. The Bertz CT molecular complexity index is 401. The Balaban J connectivity index is 2.41. The quantitative estimate of drug-likeness (QED) is 0.620. The third-order valence-corrected chi connectivity index (χ3v) is 2.26. The first-order chi connectivity index (χ1) is 7.50. The lowest BCUT2D eigenvalue weighted by molar-refractivity contribution is -0.111. The second-order valence-corrected chi connectivity index (χ2v) is 3.93. The van der Waals surface area contributed by atoms with Crippen molar-refractivity contribution in [2.45, 2.75) is 19.8 Å². The van der Waals surface area contributed by atoms with Crippen LogP contribution in [0.3, 0.4) is 0 Å². The molecule has 1 amide bonds. The van der Waals surface area contributed by atoms with Crippen LogP contribution in [0, 0.1) is 6.92 Å². The number of carbonyl (C=O) groups is 2. The van der Waals surface area contributed by atoms with Crippen LogP contribution in [0.15, 0.2) is 6.07 Å². The van der Waals surface area contributed by atoms with E-state index in [1.165, 1.54) is 4.68 Å². The molecule has 0 aromatic carbocycles. The van der Waals surface area contributed by atoms with Crippen LogP contribution in [0.5, 0.6) is 0 Å². The summed E-state index contributed by atoms with van der Waals surface area (Å²) in [5.74, 6) is -0.190. The summed E-state index contributed by atoms with van der Waals surface area (Å²) in [4.78, 5) is 22.1. The Kier molecular flexibility index (Phi) is 4.49. The minimum Gasteiger partial charge on any atom is -0.351 e. The first-order valence-electron chi connectivity index (χ1n) is 4.98. The molecule has 16 heavy (non-hydrogen) atoms. The highest BCUT2D eigenvalue weighted by Gasteiger charge is 2.10. The van der Waals surface area contributed by atoms with Crippen molar-refractivity contribution >= 4 is 22.8 Å². The molecule has 0 bridgehead atoms. The smallest absolute Gasteiger partial charge is 0.269 e. The van der Waals surface area contributed by atoms with Gasteiger partial charge in [0.15, 0.2) is 0 Å². The molecule has 0 spiro atoms. The molecule has 0 unspecified atom stereocenters. The van der Waals surface area contributed by atoms with Gasteiger partial charge in [0.25, 0.3) is 5.91 Å². The minimum atomic E-state index is -0.384. The van der Waals surface area contributed by atoms with Crippen molar-refractivity contribution < 1.29 is 9.59 Å². The molecule has 0 aliphatic carbocycles. The molecule has 88 valence electrons. The maximum Gasteiger partial charge on any atom is 0.269 e. The Morgan fingerprint density at radius 1 is 1.56 bits per heavy atom. The highest BCUT2D eigenvalue weighted by molar-refractivity contribution is 6.63. The van der Waals surface area contributed by atoms with E-state index in [4.69, 9.17) is 11.6 Å². The van der Waals surface area contributed by atoms with Crippen LogP contribution in [-0.4, -0.2) is 27.5 Å². The van der Waals surface area contributed by atoms with E-state index in [0.717, 1.165) is 5.69 Å². The molecule has 5 nitrogen and oxygen atoms in total. The monoisotopic (exact) mass is 243 g/mol. The third kappa shape index (κ3) is 3.66. The molecule has 0 fully saturated rings. The first-order valence-corrected chi connectivity index (χ1v) is 5.35. The topological polar surface area (TPSA) is 64.0 Å². The van der Waals surface area contributed by atoms with Gasteiger partial charge in [0.05, 0.1) is 5.69 Å². The van der Waals surface area contributed by atoms with Crippen molar-refractivity contribution in [3.63, 3.8) is 0 Å². The van der Waals surface area contributed by atoms with Gasteiger partial charge in [-0.15, -0.1) is 0 Å². The summed E-state index contributed by atoms with van der Waals surface area (Å²) < 4.78 is 1.53. The SMILES string of the molecule is Cc1cc(C(=O)NCCCC(=O)Cl)n(C)n1. The molecule has 0 radical (unpaired) electrons. The van der Waals surface area contributed by atoms with Gasteiger partial charge < -0.3 is 5.32 Å². The van der Waals surface area contributed by atoms with Crippen LogP contribution in [-0.2, 0) is 11.8 Å². The Labute approximate surface area is 98.8 Å². The predicted octanol–water partition coefficient (Wildman–Crippen LogP) is 1.00. The van der Waals surface area contributed by atoms with Crippen LogP contribution in [0.4, 0.5) is 0 Å². The van der Waals surface area contributed by atoms with Gasteiger partial charge in [0.2, 0.25) is 5.24 Å². The molecular weight excluding hydrogens is 230 g/mol. The fourth-order valence-corrected chi connectivity index (χ4v) is 1.48. The van der Waals surface area contributed by atoms with Crippen LogP contribution < -0.4 is 5.32 Å². The molecule has 1 N–H and O–H groups in total. The van der Waals surface area contributed by atoms with Crippen molar-refractivity contribution in [3.05, 3.63) is 17.5 Å². The molecule has 0 atom stereocenters. The number of halogens is 1. The minimum absolute atomic E-state index is 0.190. The number of aromatic nitrogens is 2. The van der Waals surface area contributed by atoms with E-state index in [0.29, 0.717) is 18.7 Å². The second-order valence-electron chi connectivity index (χ2n) is 3.51. The van der Waals surface area contributed by atoms with Gasteiger partial charge >= 0.3 is 0 Å². The molecular formula is C10H14ClN3O2. The van der Waals surface area contributed by atoms with Gasteiger partial charge in [-0.2, -0.15) is 5.10 Å². The predicted molar refractivity (Wildman–Crippen MR) is 60.4 cm³/mol. The molecule has 6 heteroatoms. The molecule has 0 aliphatic rings. The number of aryl methyl sites for hydroxylation is 2. The summed E-state index contributed by atoms with van der Waals surface area (Å²) in [6.07, 6.45) is 0.817. The number of hydrogen-bond donors (Lipinski definition) is 1. The number of nitrogens with one attached hydrogen (secondary N) is 1. The van der Waals surface area contributed by atoms with Gasteiger partial charge in [-0.3, -0.25) is 14.3 Å². The van der Waals surface area contributed by atoms with Crippen molar-refractivity contribution in [2.24, 2.45) is 7.05 Å². The van der Waals surface area contributed by atoms with Gasteiger partial charge in [-0.25, -0.2) is 0 Å². The van der Waals surface area contributed by atoms with Gasteiger partial charge in [-0.05, 0) is 31.0 Å². The average Bonchev–Trinajstić information content (AvgIpc) is 2.52. The Morgan fingerprint density at radius 2 is 2.25 bits per heavy atom. The van der Waals surface area contributed by atoms with E-state index >= 15 is 0 Å². The fraction of sp³-hybridized carbons (Fsp3) is 0.500. The maximum atomic E-state index is 11.6. The van der Waals surface area contributed by atoms with Crippen LogP contribution >= 0.6 is 11.6 Å². The fourth-order valence-electron chi connectivity index (χ4n) is 1.34. The summed E-state index contributed by atoms with van der Waals surface area (Å²) in [5.41, 5.74) is 1.30. The van der Waals surface area contributed by atoms with Crippen molar-refractivity contribution in [3.8, 4) is 0 Å². The van der Waals surface area contributed by atoms with Gasteiger partial charge in [0, 0.05) is 20.0 Å². The standard InChI is InChI=1S/C10H14ClN3O2/c1-7-6-8(14(2)13-7)10(16)12-5-3-4-9(11)15/h6H,3-5H2,1-2H3,(H,12,16). The zero-order valence-corrected chi connectivity index (χ0v) is 10.0. The molecule has 1 rings (SSSR count). The maximum absolute atomic E-state index is 11.6. The zero-order chi connectivity index (χ0) is 12.1. The Hall–Kier alpha value is -1.36. The Morgan fingerprint density at radius 3 is 2.75 bits per heavy atom. The van der Waals surface area contributed by atoms with E-state index in [9.17, 15) is 9.59 Å².